The Morgan fingerprint density at radius 2 is 2.07 bits per heavy atom. The normalized spacial score (nSPS) is 10.3. The maximum absolute atomic E-state index is 12.3. The van der Waals surface area contributed by atoms with Crippen molar-refractivity contribution in [3.05, 3.63) is 63.5 Å². The van der Waals surface area contributed by atoms with Crippen LogP contribution in [0.3, 0.4) is 0 Å². The molecule has 1 amide bonds. The first kappa shape index (κ1) is 19.3. The molecule has 0 aliphatic carbocycles. The van der Waals surface area contributed by atoms with Gasteiger partial charge in [0.1, 0.15) is 16.5 Å². The van der Waals surface area contributed by atoms with Gasteiger partial charge in [0.15, 0.2) is 12.4 Å². The van der Waals surface area contributed by atoms with Gasteiger partial charge < -0.3 is 10.1 Å². The van der Waals surface area contributed by atoms with Gasteiger partial charge >= 0.3 is 5.97 Å². The lowest BCUT2D eigenvalue weighted by Gasteiger charge is -2.09. The van der Waals surface area contributed by atoms with Crippen molar-refractivity contribution in [3.63, 3.8) is 0 Å². The Morgan fingerprint density at radius 1 is 1.32 bits per heavy atom. The number of rotatable bonds is 6. The van der Waals surface area contributed by atoms with E-state index in [0.717, 1.165) is 16.9 Å². The van der Waals surface area contributed by atoms with E-state index in [-0.39, 0.29) is 11.4 Å². The van der Waals surface area contributed by atoms with Crippen LogP contribution in [0.4, 0.5) is 5.82 Å². The van der Waals surface area contributed by atoms with Gasteiger partial charge in [-0.3, -0.25) is 4.79 Å². The SMILES string of the molecule is CCc1cc(C(=O)OCC(=O)Nc2c(C#N)cnn2-c2ccccc2)sc1C. The van der Waals surface area contributed by atoms with Crippen molar-refractivity contribution < 1.29 is 14.3 Å². The molecule has 0 atom stereocenters. The molecule has 0 saturated carbocycles. The average Bonchev–Trinajstić information content (AvgIpc) is 3.29. The van der Waals surface area contributed by atoms with Crippen LogP contribution in [0, 0.1) is 18.3 Å². The molecule has 0 spiro atoms. The number of aromatic nitrogens is 2. The van der Waals surface area contributed by atoms with E-state index in [1.54, 1.807) is 18.2 Å². The van der Waals surface area contributed by atoms with Crippen LogP contribution >= 0.6 is 11.3 Å². The van der Waals surface area contributed by atoms with Crippen molar-refractivity contribution in [2.75, 3.05) is 11.9 Å². The van der Waals surface area contributed by atoms with E-state index in [0.29, 0.717) is 10.6 Å². The van der Waals surface area contributed by atoms with E-state index >= 15 is 0 Å². The topological polar surface area (TPSA) is 97.0 Å². The van der Waals surface area contributed by atoms with Crippen LogP contribution in [0.2, 0.25) is 0 Å². The van der Waals surface area contributed by atoms with Crippen molar-refractivity contribution in [2.24, 2.45) is 0 Å². The number of aryl methyl sites for hydroxylation is 2. The second-order valence-corrected chi connectivity index (χ2v) is 7.19. The number of carbonyl (C=O) groups is 2. The van der Waals surface area contributed by atoms with E-state index in [2.05, 4.69) is 10.4 Å². The number of esters is 1. The quantitative estimate of drug-likeness (QED) is 0.646. The fourth-order valence-corrected chi connectivity index (χ4v) is 3.66. The number of thiophene rings is 1. The van der Waals surface area contributed by atoms with Crippen LogP contribution in [0.15, 0.2) is 42.6 Å². The number of hydrogen-bond acceptors (Lipinski definition) is 6. The highest BCUT2D eigenvalue weighted by Gasteiger charge is 2.18. The number of nitrogens with zero attached hydrogens (tertiary/aromatic N) is 3. The molecule has 0 saturated heterocycles. The summed E-state index contributed by atoms with van der Waals surface area (Å²) in [6.07, 6.45) is 2.20. The summed E-state index contributed by atoms with van der Waals surface area (Å²) < 4.78 is 6.57. The monoisotopic (exact) mass is 394 g/mol. The van der Waals surface area contributed by atoms with Crippen molar-refractivity contribution in [1.29, 1.82) is 5.26 Å². The molecule has 142 valence electrons. The Morgan fingerprint density at radius 3 is 2.71 bits per heavy atom. The number of nitrogens with one attached hydrogen (secondary N) is 1. The maximum Gasteiger partial charge on any atom is 0.348 e. The number of amides is 1. The molecule has 2 aromatic heterocycles. The number of ether oxygens (including phenoxy) is 1. The third-order valence-electron chi connectivity index (χ3n) is 4.09. The summed E-state index contributed by atoms with van der Waals surface area (Å²) in [5.41, 5.74) is 1.99. The van der Waals surface area contributed by atoms with Crippen molar-refractivity contribution in [3.8, 4) is 11.8 Å². The number of nitriles is 1. The van der Waals surface area contributed by atoms with Crippen molar-refractivity contribution in [1.82, 2.24) is 9.78 Å². The molecule has 3 aromatic rings. The smallest absolute Gasteiger partial charge is 0.348 e. The molecule has 8 heteroatoms. The lowest BCUT2D eigenvalue weighted by molar-refractivity contribution is -0.119. The van der Waals surface area contributed by atoms with Crippen LogP contribution in [0.5, 0.6) is 0 Å². The van der Waals surface area contributed by atoms with Gasteiger partial charge in [-0.25, -0.2) is 9.48 Å². The van der Waals surface area contributed by atoms with E-state index in [4.69, 9.17) is 4.74 Å². The minimum Gasteiger partial charge on any atom is -0.451 e. The Kier molecular flexibility index (Phi) is 5.87. The van der Waals surface area contributed by atoms with Gasteiger partial charge in [0, 0.05) is 4.88 Å². The molecule has 2 heterocycles. The lowest BCUT2D eigenvalue weighted by atomic mass is 10.2. The van der Waals surface area contributed by atoms with Crippen LogP contribution in [0.25, 0.3) is 5.69 Å². The van der Waals surface area contributed by atoms with Crippen LogP contribution < -0.4 is 5.32 Å². The first-order valence-corrected chi connectivity index (χ1v) is 9.45. The molecule has 28 heavy (non-hydrogen) atoms. The third kappa shape index (κ3) is 4.10. The average molecular weight is 394 g/mol. The summed E-state index contributed by atoms with van der Waals surface area (Å²) >= 11 is 1.35. The Hall–Kier alpha value is -3.44. The molecule has 3 rings (SSSR count). The van der Waals surface area contributed by atoms with Crippen molar-refractivity contribution in [2.45, 2.75) is 20.3 Å². The summed E-state index contributed by atoms with van der Waals surface area (Å²) in [4.78, 5) is 26.0. The number of para-hydroxylation sites is 1. The van der Waals surface area contributed by atoms with Gasteiger partial charge in [-0.05, 0) is 37.1 Å². The molecule has 0 fully saturated rings. The number of anilines is 1. The van der Waals surface area contributed by atoms with Gasteiger partial charge in [0.2, 0.25) is 0 Å². The van der Waals surface area contributed by atoms with Gasteiger partial charge in [0.05, 0.1) is 11.9 Å². The van der Waals surface area contributed by atoms with E-state index < -0.39 is 18.5 Å². The molecular formula is C20H18N4O3S. The van der Waals surface area contributed by atoms with Gasteiger partial charge in [0.25, 0.3) is 5.91 Å². The van der Waals surface area contributed by atoms with Gasteiger partial charge in [-0.15, -0.1) is 11.3 Å². The predicted molar refractivity (Wildman–Crippen MR) is 106 cm³/mol. The zero-order valence-electron chi connectivity index (χ0n) is 15.4. The largest absolute Gasteiger partial charge is 0.451 e. The zero-order valence-corrected chi connectivity index (χ0v) is 16.2. The number of hydrogen-bond donors (Lipinski definition) is 1. The van der Waals surface area contributed by atoms with E-state index in [1.807, 2.05) is 38.1 Å². The standard InChI is InChI=1S/C20H18N4O3S/c1-3-14-9-17(28-13(14)2)20(26)27-12-18(25)23-19-15(10-21)11-22-24(19)16-7-5-4-6-8-16/h4-9,11H,3,12H2,1-2H3,(H,23,25). The van der Waals surface area contributed by atoms with Crippen LogP contribution in [-0.4, -0.2) is 28.3 Å². The lowest BCUT2D eigenvalue weighted by Crippen LogP contribution is -2.22. The summed E-state index contributed by atoms with van der Waals surface area (Å²) in [6, 6.07) is 12.9. The van der Waals surface area contributed by atoms with Gasteiger partial charge in [-0.2, -0.15) is 10.4 Å². The summed E-state index contributed by atoms with van der Waals surface area (Å²) in [5.74, 6) is -0.860. The second-order valence-electron chi connectivity index (χ2n) is 5.94. The van der Waals surface area contributed by atoms with E-state index in [9.17, 15) is 14.9 Å². The highest BCUT2D eigenvalue weighted by Crippen LogP contribution is 2.23. The summed E-state index contributed by atoms with van der Waals surface area (Å²) in [7, 11) is 0. The second kappa shape index (κ2) is 8.50. The maximum atomic E-state index is 12.3. The molecule has 0 aliphatic heterocycles. The third-order valence-corrected chi connectivity index (χ3v) is 5.16. The first-order chi connectivity index (χ1) is 13.5. The molecule has 1 aromatic carbocycles. The fourth-order valence-electron chi connectivity index (χ4n) is 2.66. The highest BCUT2D eigenvalue weighted by atomic mass is 32.1. The minimum absolute atomic E-state index is 0.213. The fraction of sp³-hybridized carbons (Fsp3) is 0.200. The molecule has 0 aliphatic rings. The van der Waals surface area contributed by atoms with Gasteiger partial charge in [-0.1, -0.05) is 25.1 Å². The molecule has 0 bridgehead atoms. The predicted octanol–water partition coefficient (Wildman–Crippen LogP) is 3.47. The molecule has 0 radical (unpaired) electrons. The molecular weight excluding hydrogens is 376 g/mol. The first-order valence-electron chi connectivity index (χ1n) is 8.63. The van der Waals surface area contributed by atoms with Crippen molar-refractivity contribution >= 4 is 29.0 Å². The minimum atomic E-state index is -0.550. The van der Waals surface area contributed by atoms with Crippen LogP contribution in [0.1, 0.15) is 32.6 Å². The zero-order chi connectivity index (χ0) is 20.1. The Balaban J connectivity index is 1.69. The molecule has 1 N–H and O–H groups in total. The Bertz CT molecular complexity index is 1050. The van der Waals surface area contributed by atoms with E-state index in [1.165, 1.54) is 22.2 Å². The van der Waals surface area contributed by atoms with Crippen LogP contribution in [-0.2, 0) is 16.0 Å². The molecule has 0 unspecified atom stereocenters. The number of benzene rings is 1. The highest BCUT2D eigenvalue weighted by molar-refractivity contribution is 7.14. The molecule has 7 nitrogen and oxygen atoms in total. The Labute approximate surface area is 166 Å². The number of carbonyl (C=O) groups excluding carboxylic acids is 2. The summed E-state index contributed by atoms with van der Waals surface area (Å²) in [5, 5.41) is 16.0. The summed E-state index contributed by atoms with van der Waals surface area (Å²) in [6.45, 7) is 3.50.